The number of carbonyl (C=O) groups is 1. The lowest BCUT2D eigenvalue weighted by molar-refractivity contribution is -0.125. The molecule has 2 unspecified atom stereocenters. The van der Waals surface area contributed by atoms with Gasteiger partial charge in [0.05, 0.1) is 6.61 Å². The summed E-state index contributed by atoms with van der Waals surface area (Å²) in [6.45, 7) is 8.47. The van der Waals surface area contributed by atoms with Crippen molar-refractivity contribution in [3.05, 3.63) is 119 Å². The number of ether oxygens (including phenoxy) is 1. The van der Waals surface area contributed by atoms with Crippen LogP contribution < -0.4 is 4.74 Å². The average Bonchev–Trinajstić information content (AvgIpc) is 3.43. The third-order valence-electron chi connectivity index (χ3n) is 10.2. The molecule has 46 heavy (non-hydrogen) atoms. The highest BCUT2D eigenvalue weighted by Crippen LogP contribution is 2.30. The molecule has 1 aliphatic carbocycles. The van der Waals surface area contributed by atoms with Crippen LogP contribution in [-0.4, -0.2) is 55.0 Å². The van der Waals surface area contributed by atoms with Gasteiger partial charge in [0, 0.05) is 31.8 Å². The van der Waals surface area contributed by atoms with Gasteiger partial charge in [0.1, 0.15) is 5.75 Å². The number of allylic oxidation sites excluding steroid dienone is 3. The fourth-order valence-corrected chi connectivity index (χ4v) is 7.62. The molecule has 4 heteroatoms. The molecule has 242 valence electrons. The van der Waals surface area contributed by atoms with Crippen LogP contribution in [0.1, 0.15) is 74.1 Å². The molecule has 0 bridgehead atoms. The number of fused-ring (bicyclic) bond motifs is 1. The summed E-state index contributed by atoms with van der Waals surface area (Å²) in [6, 6.07) is 27.9. The first-order chi connectivity index (χ1) is 22.6. The Labute approximate surface area is 277 Å². The number of hydrogen-bond acceptors (Lipinski definition) is 3. The molecule has 2 aliphatic heterocycles. The maximum Gasteiger partial charge on any atom is 0.254 e. The van der Waals surface area contributed by atoms with Gasteiger partial charge < -0.3 is 14.5 Å². The van der Waals surface area contributed by atoms with Gasteiger partial charge in [-0.15, -0.1) is 0 Å². The Hall–Kier alpha value is -3.63. The smallest absolute Gasteiger partial charge is 0.254 e. The fourth-order valence-electron chi connectivity index (χ4n) is 7.62. The third-order valence-corrected chi connectivity index (χ3v) is 10.2. The Morgan fingerprint density at radius 1 is 0.826 bits per heavy atom. The van der Waals surface area contributed by atoms with Gasteiger partial charge in [-0.05, 0) is 123 Å². The van der Waals surface area contributed by atoms with Gasteiger partial charge in [-0.3, -0.25) is 4.79 Å². The molecule has 2 atom stereocenters. The van der Waals surface area contributed by atoms with E-state index in [-0.39, 0.29) is 5.91 Å². The van der Waals surface area contributed by atoms with E-state index in [1.165, 1.54) is 61.0 Å². The van der Waals surface area contributed by atoms with Crippen molar-refractivity contribution in [2.45, 2.75) is 71.1 Å². The van der Waals surface area contributed by atoms with Gasteiger partial charge in [0.2, 0.25) is 0 Å². The van der Waals surface area contributed by atoms with E-state index in [1.807, 2.05) is 0 Å². The second-order valence-electron chi connectivity index (χ2n) is 13.9. The number of hydrogen-bond donors (Lipinski definition) is 0. The zero-order valence-electron chi connectivity index (χ0n) is 27.8. The SMILES string of the molecule is CC1CCCN(CCCOc2ccc(CCC3CCCN(C(=O)C4=CC=C(Cc5ccccc5)Cc5ccccc54)CC3)cc2)C1. The summed E-state index contributed by atoms with van der Waals surface area (Å²) in [5.41, 5.74) is 7.23. The molecule has 3 aliphatic rings. The fraction of sp³-hybridized carbons (Fsp3) is 0.452. The lowest BCUT2D eigenvalue weighted by Crippen LogP contribution is -2.35. The molecule has 6 rings (SSSR count). The van der Waals surface area contributed by atoms with Crippen molar-refractivity contribution >= 4 is 11.5 Å². The summed E-state index contributed by atoms with van der Waals surface area (Å²) < 4.78 is 6.06. The number of amides is 1. The summed E-state index contributed by atoms with van der Waals surface area (Å²) in [6.07, 6.45) is 15.5. The minimum atomic E-state index is 0.186. The quantitative estimate of drug-likeness (QED) is 0.202. The zero-order chi connectivity index (χ0) is 31.6. The number of nitrogens with zero attached hydrogens (tertiary/aromatic N) is 2. The van der Waals surface area contributed by atoms with Crippen LogP contribution in [0.4, 0.5) is 0 Å². The number of rotatable bonds is 11. The highest BCUT2D eigenvalue weighted by Gasteiger charge is 2.26. The van der Waals surface area contributed by atoms with Crippen LogP contribution in [0.2, 0.25) is 0 Å². The van der Waals surface area contributed by atoms with Gasteiger partial charge in [0.25, 0.3) is 5.91 Å². The molecule has 0 radical (unpaired) electrons. The Morgan fingerprint density at radius 3 is 2.48 bits per heavy atom. The highest BCUT2D eigenvalue weighted by atomic mass is 16.5. The van der Waals surface area contributed by atoms with Crippen LogP contribution in [0, 0.1) is 11.8 Å². The third kappa shape index (κ3) is 9.00. The van der Waals surface area contributed by atoms with Gasteiger partial charge in [0.15, 0.2) is 0 Å². The number of likely N-dealkylation sites (tertiary alicyclic amines) is 2. The summed E-state index contributed by atoms with van der Waals surface area (Å²) in [5.74, 6) is 2.65. The van der Waals surface area contributed by atoms with Gasteiger partial charge in [-0.1, -0.05) is 85.3 Å². The second-order valence-corrected chi connectivity index (χ2v) is 13.9. The Bertz CT molecular complexity index is 1470. The normalized spacial score (nSPS) is 20.6. The molecule has 3 aromatic carbocycles. The zero-order valence-corrected chi connectivity index (χ0v) is 27.8. The number of aryl methyl sites for hydroxylation is 1. The van der Waals surface area contributed by atoms with Crippen LogP contribution >= 0.6 is 0 Å². The van der Waals surface area contributed by atoms with E-state index < -0.39 is 0 Å². The summed E-state index contributed by atoms with van der Waals surface area (Å²) in [7, 11) is 0. The second kappa shape index (κ2) is 16.3. The number of piperidine rings is 1. The van der Waals surface area contributed by atoms with Gasteiger partial charge in [-0.25, -0.2) is 0 Å². The summed E-state index contributed by atoms with van der Waals surface area (Å²) >= 11 is 0. The molecule has 1 amide bonds. The van der Waals surface area contributed by atoms with Crippen molar-refractivity contribution in [2.75, 3.05) is 39.3 Å². The van der Waals surface area contributed by atoms with Crippen molar-refractivity contribution in [2.24, 2.45) is 11.8 Å². The minimum absolute atomic E-state index is 0.186. The van der Waals surface area contributed by atoms with Crippen molar-refractivity contribution in [3.8, 4) is 5.75 Å². The number of carbonyl (C=O) groups excluding carboxylic acids is 1. The van der Waals surface area contributed by atoms with E-state index in [2.05, 4.69) is 108 Å². The van der Waals surface area contributed by atoms with Crippen LogP contribution in [0.15, 0.2) is 96.6 Å². The van der Waals surface area contributed by atoms with Crippen molar-refractivity contribution < 1.29 is 9.53 Å². The molecule has 3 aromatic rings. The van der Waals surface area contributed by atoms with Crippen LogP contribution in [-0.2, 0) is 24.1 Å². The van der Waals surface area contributed by atoms with Crippen LogP contribution in [0.25, 0.3) is 5.57 Å². The first-order valence-corrected chi connectivity index (χ1v) is 17.9. The van der Waals surface area contributed by atoms with Crippen LogP contribution in [0.5, 0.6) is 5.75 Å². The summed E-state index contributed by atoms with van der Waals surface area (Å²) in [4.78, 5) is 18.7. The van der Waals surface area contributed by atoms with Crippen molar-refractivity contribution in [1.82, 2.24) is 9.80 Å². The molecule has 2 heterocycles. The Kier molecular flexibility index (Phi) is 11.4. The van der Waals surface area contributed by atoms with Gasteiger partial charge >= 0.3 is 0 Å². The largest absolute Gasteiger partial charge is 0.494 e. The van der Waals surface area contributed by atoms with Crippen LogP contribution in [0.3, 0.4) is 0 Å². The first kappa shape index (κ1) is 32.3. The Morgan fingerprint density at radius 2 is 1.63 bits per heavy atom. The summed E-state index contributed by atoms with van der Waals surface area (Å²) in [5, 5.41) is 0. The highest BCUT2D eigenvalue weighted by molar-refractivity contribution is 6.20. The molecule has 2 fully saturated rings. The monoisotopic (exact) mass is 616 g/mol. The van der Waals surface area contributed by atoms with Gasteiger partial charge in [-0.2, -0.15) is 0 Å². The van der Waals surface area contributed by atoms with E-state index >= 15 is 0 Å². The molecule has 0 saturated carbocycles. The predicted molar refractivity (Wildman–Crippen MR) is 190 cm³/mol. The van der Waals surface area contributed by atoms with Crippen molar-refractivity contribution in [3.63, 3.8) is 0 Å². The lowest BCUT2D eigenvalue weighted by atomic mass is 9.93. The molecular weight excluding hydrogens is 564 g/mol. The van der Waals surface area contributed by atoms with E-state index in [0.717, 1.165) is 87.6 Å². The number of benzene rings is 3. The first-order valence-electron chi connectivity index (χ1n) is 17.9. The molecule has 0 spiro atoms. The lowest BCUT2D eigenvalue weighted by Gasteiger charge is -2.30. The van der Waals surface area contributed by atoms with E-state index in [1.54, 1.807) is 0 Å². The molecule has 2 saturated heterocycles. The van der Waals surface area contributed by atoms with E-state index in [4.69, 9.17) is 4.74 Å². The average molecular weight is 617 g/mol. The predicted octanol–water partition coefficient (Wildman–Crippen LogP) is 8.56. The molecule has 0 aromatic heterocycles. The molecular formula is C42H52N2O2. The van der Waals surface area contributed by atoms with E-state index in [9.17, 15) is 4.79 Å². The van der Waals surface area contributed by atoms with Crippen molar-refractivity contribution in [1.29, 1.82) is 0 Å². The minimum Gasteiger partial charge on any atom is -0.494 e. The Balaban J connectivity index is 0.980. The molecule has 4 nitrogen and oxygen atoms in total. The van der Waals surface area contributed by atoms with E-state index in [0.29, 0.717) is 5.92 Å². The molecule has 0 N–H and O–H groups in total. The maximum atomic E-state index is 14.0. The topological polar surface area (TPSA) is 32.8 Å². The standard InChI is InChI=1S/C42H52N2O2/c1-33-10-7-25-43(32-33)26-9-29-46-39-21-18-35(19-22-39)17-16-34-13-8-27-44(28-24-34)42(45)41-23-20-37(30-36-11-3-2-4-12-36)31-38-14-5-6-15-40(38)41/h2-6,11-12,14-15,18-23,33-34H,7-10,13,16-17,24-32H2,1H3. The maximum absolute atomic E-state index is 14.0.